The minimum absolute atomic E-state index is 0.499. The maximum atomic E-state index is 6.33. The zero-order valence-corrected chi connectivity index (χ0v) is 15.4. The van der Waals surface area contributed by atoms with Gasteiger partial charge in [0.15, 0.2) is 5.75 Å². The zero-order valence-electron chi connectivity index (χ0n) is 15.4. The fraction of sp³-hybridized carbons (Fsp3) is 0.167. The van der Waals surface area contributed by atoms with Crippen molar-refractivity contribution in [1.82, 2.24) is 0 Å². The second kappa shape index (κ2) is 6.06. The molecule has 28 heavy (non-hydrogen) atoms. The van der Waals surface area contributed by atoms with E-state index in [0.29, 0.717) is 12.5 Å². The molecule has 0 spiro atoms. The van der Waals surface area contributed by atoms with Gasteiger partial charge >= 0.3 is 0 Å². The van der Waals surface area contributed by atoms with E-state index in [1.54, 1.807) is 0 Å². The predicted octanol–water partition coefficient (Wildman–Crippen LogP) is 6.12. The Labute approximate surface area is 162 Å². The summed E-state index contributed by atoms with van der Waals surface area (Å²) in [5.41, 5.74) is 5.23. The molecule has 0 bridgehead atoms. The molecule has 0 saturated carbocycles. The zero-order chi connectivity index (χ0) is 18.5. The van der Waals surface area contributed by atoms with Crippen LogP contribution in [0.15, 0.2) is 71.1 Å². The highest BCUT2D eigenvalue weighted by Crippen LogP contribution is 2.52. The Morgan fingerprint density at radius 1 is 0.714 bits per heavy atom. The minimum atomic E-state index is 0.499. The van der Waals surface area contributed by atoms with Crippen LogP contribution in [0.5, 0.6) is 11.5 Å². The average Bonchev–Trinajstić information content (AvgIpc) is 3.03. The number of hydrogen-bond acceptors (Lipinski definition) is 4. The number of nitrogens with zero attached hydrogens (tertiary/aromatic N) is 1. The van der Waals surface area contributed by atoms with Gasteiger partial charge in [0.2, 0.25) is 5.88 Å². The number of ether oxygens (including phenoxy) is 2. The third-order valence-electron chi connectivity index (χ3n) is 5.49. The molecule has 1 aromatic heterocycles. The van der Waals surface area contributed by atoms with Crippen molar-refractivity contribution in [3.8, 4) is 11.5 Å². The van der Waals surface area contributed by atoms with Gasteiger partial charge in [-0.15, -0.1) is 0 Å². The van der Waals surface area contributed by atoms with Crippen LogP contribution in [0.3, 0.4) is 0 Å². The van der Waals surface area contributed by atoms with Crippen LogP contribution in [0, 0.1) is 0 Å². The molecule has 4 aromatic rings. The molecule has 138 valence electrons. The molecular weight excluding hydrogens is 350 g/mol. The van der Waals surface area contributed by atoms with Gasteiger partial charge in [0.1, 0.15) is 17.9 Å². The quantitative estimate of drug-likeness (QED) is 0.405. The number of para-hydroxylation sites is 3. The average molecular weight is 369 g/mol. The summed E-state index contributed by atoms with van der Waals surface area (Å²) in [5.74, 6) is 2.42. The van der Waals surface area contributed by atoms with Gasteiger partial charge in [0, 0.05) is 5.56 Å². The number of hydrogen-bond donors (Lipinski definition) is 0. The van der Waals surface area contributed by atoms with Gasteiger partial charge < -0.3 is 13.9 Å². The lowest BCUT2D eigenvalue weighted by Crippen LogP contribution is -2.15. The van der Waals surface area contributed by atoms with Gasteiger partial charge in [-0.1, -0.05) is 42.5 Å². The standard InChI is InChI=1S/C24H19NO3/c1-3-11-19-17(7-1)15-27-23-18-10-2-4-13-21(18)28-24(23)25(19)20-12-5-8-16-9-6-14-26-22(16)20/h1-5,7-8,10-13H,6,9,14-15H2. The summed E-state index contributed by atoms with van der Waals surface area (Å²) >= 11 is 0. The van der Waals surface area contributed by atoms with Crippen LogP contribution < -0.4 is 14.4 Å². The van der Waals surface area contributed by atoms with Crippen LogP contribution in [0.25, 0.3) is 11.0 Å². The Morgan fingerprint density at radius 3 is 2.54 bits per heavy atom. The van der Waals surface area contributed by atoms with Gasteiger partial charge in [-0.2, -0.15) is 0 Å². The van der Waals surface area contributed by atoms with Crippen LogP contribution in [0.4, 0.5) is 17.3 Å². The highest BCUT2D eigenvalue weighted by atomic mass is 16.5. The van der Waals surface area contributed by atoms with E-state index in [2.05, 4.69) is 41.3 Å². The molecule has 0 radical (unpaired) electrons. The highest BCUT2D eigenvalue weighted by Gasteiger charge is 2.31. The summed E-state index contributed by atoms with van der Waals surface area (Å²) in [4.78, 5) is 2.15. The third kappa shape index (κ3) is 2.24. The lowest BCUT2D eigenvalue weighted by Gasteiger charge is -2.28. The van der Waals surface area contributed by atoms with E-state index in [9.17, 15) is 0 Å². The smallest absolute Gasteiger partial charge is 0.248 e. The maximum Gasteiger partial charge on any atom is 0.248 e. The number of rotatable bonds is 1. The van der Waals surface area contributed by atoms with Crippen molar-refractivity contribution in [2.24, 2.45) is 0 Å². The van der Waals surface area contributed by atoms with Gasteiger partial charge in [-0.3, -0.25) is 4.90 Å². The fourth-order valence-electron chi connectivity index (χ4n) is 4.19. The monoisotopic (exact) mass is 369 g/mol. The van der Waals surface area contributed by atoms with Crippen LogP contribution in [-0.4, -0.2) is 6.61 Å². The van der Waals surface area contributed by atoms with E-state index in [0.717, 1.165) is 58.9 Å². The SMILES string of the molecule is c1ccc2c(c1)COc1c(oc3ccccc13)N2c1cccc2c1OCCC2. The summed E-state index contributed by atoms with van der Waals surface area (Å²) in [5, 5.41) is 0.987. The third-order valence-corrected chi connectivity index (χ3v) is 5.49. The first kappa shape index (κ1) is 15.6. The lowest BCUT2D eigenvalue weighted by atomic mass is 10.0. The van der Waals surface area contributed by atoms with Crippen molar-refractivity contribution in [3.05, 3.63) is 77.9 Å². The molecule has 0 N–H and O–H groups in total. The molecular formula is C24H19NO3. The van der Waals surface area contributed by atoms with Crippen LogP contribution in [0.2, 0.25) is 0 Å². The van der Waals surface area contributed by atoms with Crippen molar-refractivity contribution < 1.29 is 13.9 Å². The molecule has 0 unspecified atom stereocenters. The van der Waals surface area contributed by atoms with Crippen molar-refractivity contribution >= 4 is 28.2 Å². The number of furan rings is 1. The highest BCUT2D eigenvalue weighted by molar-refractivity contribution is 5.95. The molecule has 4 nitrogen and oxygen atoms in total. The molecule has 3 aromatic carbocycles. The van der Waals surface area contributed by atoms with E-state index < -0.39 is 0 Å². The number of fused-ring (bicyclic) bond motifs is 5. The Bertz CT molecular complexity index is 1190. The number of benzene rings is 3. The Morgan fingerprint density at radius 2 is 1.54 bits per heavy atom. The molecule has 0 fully saturated rings. The first-order valence-corrected chi connectivity index (χ1v) is 9.67. The molecule has 0 atom stereocenters. The maximum absolute atomic E-state index is 6.33. The summed E-state index contributed by atoms with van der Waals surface area (Å²) in [6, 6.07) is 22.7. The van der Waals surface area contributed by atoms with E-state index in [4.69, 9.17) is 13.9 Å². The van der Waals surface area contributed by atoms with E-state index in [-0.39, 0.29) is 0 Å². The molecule has 3 heterocycles. The second-order valence-corrected chi connectivity index (χ2v) is 7.20. The number of aryl methyl sites for hydroxylation is 1. The molecule has 6 rings (SSSR count). The Balaban J connectivity index is 1.67. The van der Waals surface area contributed by atoms with E-state index >= 15 is 0 Å². The van der Waals surface area contributed by atoms with Crippen molar-refractivity contribution in [3.63, 3.8) is 0 Å². The van der Waals surface area contributed by atoms with Crippen LogP contribution in [0.1, 0.15) is 17.5 Å². The summed E-state index contributed by atoms with van der Waals surface area (Å²) < 4.78 is 18.7. The lowest BCUT2D eigenvalue weighted by molar-refractivity contribution is 0.289. The van der Waals surface area contributed by atoms with Crippen LogP contribution >= 0.6 is 0 Å². The Kier molecular flexibility index (Phi) is 3.38. The van der Waals surface area contributed by atoms with Gasteiger partial charge in [-0.05, 0) is 42.7 Å². The molecule has 4 heteroatoms. The van der Waals surface area contributed by atoms with Gasteiger partial charge in [-0.25, -0.2) is 0 Å². The van der Waals surface area contributed by atoms with Gasteiger partial charge in [0.25, 0.3) is 0 Å². The molecule has 2 aliphatic rings. The summed E-state index contributed by atoms with van der Waals surface area (Å²) in [7, 11) is 0. The fourth-order valence-corrected chi connectivity index (χ4v) is 4.19. The first-order valence-electron chi connectivity index (χ1n) is 9.67. The molecule has 0 aliphatic carbocycles. The van der Waals surface area contributed by atoms with Crippen LogP contribution in [-0.2, 0) is 13.0 Å². The molecule has 0 amide bonds. The summed E-state index contributed by atoms with van der Waals surface area (Å²) in [6.45, 7) is 1.24. The minimum Gasteiger partial charge on any atom is -0.491 e. The topological polar surface area (TPSA) is 34.8 Å². The summed E-state index contributed by atoms with van der Waals surface area (Å²) in [6.07, 6.45) is 2.08. The predicted molar refractivity (Wildman–Crippen MR) is 109 cm³/mol. The Hall–Kier alpha value is -3.40. The van der Waals surface area contributed by atoms with Crippen molar-refractivity contribution in [2.45, 2.75) is 19.4 Å². The second-order valence-electron chi connectivity index (χ2n) is 7.20. The first-order chi connectivity index (χ1) is 13.9. The molecule has 0 saturated heterocycles. The van der Waals surface area contributed by atoms with E-state index in [1.807, 2.05) is 30.3 Å². The van der Waals surface area contributed by atoms with Gasteiger partial charge in [0.05, 0.1) is 23.4 Å². The van der Waals surface area contributed by atoms with Crippen molar-refractivity contribution in [1.29, 1.82) is 0 Å². The normalized spacial score (nSPS) is 15.1. The largest absolute Gasteiger partial charge is 0.491 e. The van der Waals surface area contributed by atoms with Crippen molar-refractivity contribution in [2.75, 3.05) is 11.5 Å². The molecule has 2 aliphatic heterocycles. The number of anilines is 3. The van der Waals surface area contributed by atoms with E-state index in [1.165, 1.54) is 5.56 Å².